The predicted octanol–water partition coefficient (Wildman–Crippen LogP) is 3.51. The number of hydrogen-bond donors (Lipinski definition) is 0. The summed E-state index contributed by atoms with van der Waals surface area (Å²) in [6, 6.07) is 10.6. The lowest BCUT2D eigenvalue weighted by Gasteiger charge is -2.26. The lowest BCUT2D eigenvalue weighted by atomic mass is 10.1. The number of methoxy groups -OCH3 is 2. The van der Waals surface area contributed by atoms with Crippen LogP contribution in [0.2, 0.25) is 5.02 Å². The van der Waals surface area contributed by atoms with Crippen LogP contribution in [-0.4, -0.2) is 56.5 Å². The summed E-state index contributed by atoms with van der Waals surface area (Å²) in [6.07, 6.45) is 0.160. The lowest BCUT2D eigenvalue weighted by molar-refractivity contribution is -0.117. The van der Waals surface area contributed by atoms with E-state index in [2.05, 4.69) is 4.99 Å². The maximum atomic E-state index is 12.8. The van der Waals surface area contributed by atoms with Crippen LogP contribution >= 0.6 is 23.4 Å². The highest BCUT2D eigenvalue weighted by Gasteiger charge is 2.50. The van der Waals surface area contributed by atoms with Crippen molar-refractivity contribution in [3.05, 3.63) is 52.5 Å². The molecule has 0 N–H and O–H groups in total. The van der Waals surface area contributed by atoms with Gasteiger partial charge in [-0.2, -0.15) is 4.99 Å². The first kappa shape index (κ1) is 22.9. The molecule has 2 aliphatic heterocycles. The fourth-order valence-corrected chi connectivity index (χ4v) is 8.18. The second kappa shape index (κ2) is 8.96. The number of ether oxygens (including phenoxy) is 2. The Morgan fingerprint density at radius 3 is 2.62 bits per heavy atom. The number of aryl methyl sites for hydroxylation is 1. The number of carbonyl (C=O) groups excluding carboxylic acids is 1. The Morgan fingerprint density at radius 1 is 1.19 bits per heavy atom. The van der Waals surface area contributed by atoms with Crippen LogP contribution in [0, 0.1) is 6.92 Å². The minimum Gasteiger partial charge on any atom is -0.495 e. The van der Waals surface area contributed by atoms with Gasteiger partial charge in [0.05, 0.1) is 48.9 Å². The molecule has 2 atom stereocenters. The van der Waals surface area contributed by atoms with Gasteiger partial charge >= 0.3 is 0 Å². The van der Waals surface area contributed by atoms with E-state index in [-0.39, 0.29) is 35.1 Å². The quantitative estimate of drug-likeness (QED) is 0.628. The SMILES string of the molecule is COc1cc(OC)c(N2C(=NC(=O)Cc3cccc(C)c3)S[C@@H]3CS(=O)(=O)C[C@@H]32)cc1Cl. The molecule has 0 aromatic heterocycles. The molecule has 7 nitrogen and oxygen atoms in total. The van der Waals surface area contributed by atoms with Gasteiger partial charge in [0.15, 0.2) is 15.0 Å². The van der Waals surface area contributed by atoms with E-state index >= 15 is 0 Å². The average molecular weight is 495 g/mol. The third-order valence-corrected chi connectivity index (χ3v) is 8.94. The normalized spacial score (nSPS) is 22.8. The smallest absolute Gasteiger partial charge is 0.252 e. The standard InChI is InChI=1S/C22H23ClN2O5S2/c1-13-5-4-6-14(7-13)8-21(26)24-22-25(17-11-32(27,28)12-20(17)31-22)16-9-15(23)18(29-2)10-19(16)30-3/h4-7,9-10,17,20H,8,11-12H2,1-3H3/t17-,20+/m0/s1. The number of sulfone groups is 1. The minimum atomic E-state index is -3.20. The molecule has 0 unspecified atom stereocenters. The molecule has 2 fully saturated rings. The molecule has 32 heavy (non-hydrogen) atoms. The van der Waals surface area contributed by atoms with Crippen LogP contribution in [0.5, 0.6) is 11.5 Å². The van der Waals surface area contributed by atoms with Gasteiger partial charge in [-0.25, -0.2) is 8.42 Å². The van der Waals surface area contributed by atoms with Crippen molar-refractivity contribution >= 4 is 50.0 Å². The Kier molecular flexibility index (Phi) is 6.42. The van der Waals surface area contributed by atoms with Crippen molar-refractivity contribution in [1.82, 2.24) is 0 Å². The fourth-order valence-electron chi connectivity index (χ4n) is 4.02. The zero-order valence-corrected chi connectivity index (χ0v) is 20.3. The van der Waals surface area contributed by atoms with Gasteiger partial charge in [0.1, 0.15) is 11.5 Å². The Hall–Kier alpha value is -2.23. The summed E-state index contributed by atoms with van der Waals surface area (Å²) >= 11 is 7.68. The molecule has 4 rings (SSSR count). The molecule has 2 heterocycles. The molecular weight excluding hydrogens is 472 g/mol. The third-order valence-electron chi connectivity index (χ3n) is 5.44. The summed E-state index contributed by atoms with van der Waals surface area (Å²) in [6.45, 7) is 1.97. The summed E-state index contributed by atoms with van der Waals surface area (Å²) in [7, 11) is -0.181. The first-order valence-electron chi connectivity index (χ1n) is 9.95. The van der Waals surface area contributed by atoms with Crippen LogP contribution < -0.4 is 14.4 Å². The van der Waals surface area contributed by atoms with Gasteiger partial charge in [-0.3, -0.25) is 4.79 Å². The molecule has 0 spiro atoms. The molecule has 2 aromatic rings. The second-order valence-electron chi connectivity index (χ2n) is 7.78. The maximum Gasteiger partial charge on any atom is 0.252 e. The number of fused-ring (bicyclic) bond motifs is 1. The zero-order chi connectivity index (χ0) is 23.0. The number of amidine groups is 1. The van der Waals surface area contributed by atoms with Crippen LogP contribution in [0.15, 0.2) is 41.4 Å². The van der Waals surface area contributed by atoms with Crippen molar-refractivity contribution in [2.45, 2.75) is 24.6 Å². The van der Waals surface area contributed by atoms with E-state index in [0.29, 0.717) is 27.4 Å². The van der Waals surface area contributed by atoms with E-state index < -0.39 is 9.84 Å². The van der Waals surface area contributed by atoms with Crippen LogP contribution in [-0.2, 0) is 21.1 Å². The van der Waals surface area contributed by atoms with Crippen molar-refractivity contribution in [3.8, 4) is 11.5 Å². The lowest BCUT2D eigenvalue weighted by Crippen LogP contribution is -2.38. The third kappa shape index (κ3) is 4.60. The number of aliphatic imine (C=N–C) groups is 1. The molecule has 2 aliphatic rings. The van der Waals surface area contributed by atoms with E-state index in [4.69, 9.17) is 21.1 Å². The molecule has 170 valence electrons. The highest BCUT2D eigenvalue weighted by atomic mass is 35.5. The fraction of sp³-hybridized carbons (Fsp3) is 0.364. The highest BCUT2D eigenvalue weighted by Crippen LogP contribution is 2.46. The van der Waals surface area contributed by atoms with Crippen LogP contribution in [0.4, 0.5) is 5.69 Å². The molecule has 0 bridgehead atoms. The predicted molar refractivity (Wildman–Crippen MR) is 128 cm³/mol. The maximum absolute atomic E-state index is 12.8. The molecule has 0 saturated carbocycles. The van der Waals surface area contributed by atoms with Crippen LogP contribution in [0.1, 0.15) is 11.1 Å². The molecule has 10 heteroatoms. The van der Waals surface area contributed by atoms with Crippen molar-refractivity contribution in [2.24, 2.45) is 4.99 Å². The van der Waals surface area contributed by atoms with Crippen molar-refractivity contribution in [3.63, 3.8) is 0 Å². The highest BCUT2D eigenvalue weighted by molar-refractivity contribution is 8.16. The van der Waals surface area contributed by atoms with Crippen molar-refractivity contribution in [1.29, 1.82) is 0 Å². The van der Waals surface area contributed by atoms with Gasteiger partial charge in [0, 0.05) is 11.3 Å². The average Bonchev–Trinajstić information content (AvgIpc) is 3.18. The Labute approximate surface area is 196 Å². The number of amides is 1. The van der Waals surface area contributed by atoms with Crippen molar-refractivity contribution < 1.29 is 22.7 Å². The Balaban J connectivity index is 1.73. The Bertz CT molecular complexity index is 1200. The second-order valence-corrected chi connectivity index (χ2v) is 11.6. The van der Waals surface area contributed by atoms with Crippen LogP contribution in [0.3, 0.4) is 0 Å². The first-order chi connectivity index (χ1) is 15.2. The van der Waals surface area contributed by atoms with Gasteiger partial charge in [-0.15, -0.1) is 0 Å². The zero-order valence-electron chi connectivity index (χ0n) is 17.9. The number of hydrogen-bond acceptors (Lipinski definition) is 6. The van der Waals surface area contributed by atoms with Crippen LogP contribution in [0.25, 0.3) is 0 Å². The van der Waals surface area contributed by atoms with Gasteiger partial charge in [0.25, 0.3) is 5.91 Å². The number of carbonyl (C=O) groups is 1. The van der Waals surface area contributed by atoms with E-state index in [1.54, 1.807) is 17.0 Å². The number of thioether (sulfide) groups is 1. The van der Waals surface area contributed by atoms with Gasteiger partial charge in [0.2, 0.25) is 0 Å². The number of anilines is 1. The van der Waals surface area contributed by atoms with Gasteiger partial charge in [-0.1, -0.05) is 53.2 Å². The number of nitrogens with zero attached hydrogens (tertiary/aromatic N) is 2. The van der Waals surface area contributed by atoms with E-state index in [0.717, 1.165) is 11.1 Å². The molecule has 0 radical (unpaired) electrons. The summed E-state index contributed by atoms with van der Waals surface area (Å²) < 4.78 is 35.5. The van der Waals surface area contributed by atoms with E-state index in [1.807, 2.05) is 31.2 Å². The molecular formula is C22H23ClN2O5S2. The number of halogens is 1. The van der Waals surface area contributed by atoms with E-state index in [1.165, 1.54) is 26.0 Å². The van der Waals surface area contributed by atoms with Gasteiger partial charge < -0.3 is 14.4 Å². The molecule has 0 aliphatic carbocycles. The summed E-state index contributed by atoms with van der Waals surface area (Å²) in [5.41, 5.74) is 2.50. The molecule has 1 amide bonds. The summed E-state index contributed by atoms with van der Waals surface area (Å²) in [5, 5.41) is 0.575. The summed E-state index contributed by atoms with van der Waals surface area (Å²) in [5.74, 6) is 0.599. The van der Waals surface area contributed by atoms with Gasteiger partial charge in [-0.05, 0) is 18.6 Å². The summed E-state index contributed by atoms with van der Waals surface area (Å²) in [4.78, 5) is 19.0. The molecule has 2 aromatic carbocycles. The molecule has 2 saturated heterocycles. The largest absolute Gasteiger partial charge is 0.495 e. The number of rotatable bonds is 5. The topological polar surface area (TPSA) is 85.3 Å². The number of benzene rings is 2. The van der Waals surface area contributed by atoms with E-state index in [9.17, 15) is 13.2 Å². The monoisotopic (exact) mass is 494 g/mol. The minimum absolute atomic E-state index is 0.0252. The first-order valence-corrected chi connectivity index (χ1v) is 13.0. The Morgan fingerprint density at radius 2 is 1.94 bits per heavy atom. The van der Waals surface area contributed by atoms with Crippen molar-refractivity contribution in [2.75, 3.05) is 30.6 Å².